The average molecular weight is 369 g/mol. The van der Waals surface area contributed by atoms with Gasteiger partial charge < -0.3 is 9.47 Å². The first-order chi connectivity index (χ1) is 12.6. The summed E-state index contributed by atoms with van der Waals surface area (Å²) in [6.07, 6.45) is 2.92. The molecule has 1 aliphatic rings. The van der Waals surface area contributed by atoms with Crippen molar-refractivity contribution in [2.45, 2.75) is 0 Å². The number of non-ortho nitro benzene ring substituents is 1. The van der Waals surface area contributed by atoms with Crippen molar-refractivity contribution in [3.05, 3.63) is 58.2 Å². The Kier molecular flexibility index (Phi) is 3.98. The summed E-state index contributed by atoms with van der Waals surface area (Å²) in [4.78, 5) is 26.6. The van der Waals surface area contributed by atoms with Gasteiger partial charge in [0.25, 0.3) is 5.69 Å². The predicted molar refractivity (Wildman–Crippen MR) is 96.5 cm³/mol. The molecule has 0 bridgehead atoms. The van der Waals surface area contributed by atoms with E-state index in [-0.39, 0.29) is 18.4 Å². The topological polar surface area (TPSA) is 104 Å². The van der Waals surface area contributed by atoms with Crippen LogP contribution in [0.15, 0.2) is 42.5 Å². The van der Waals surface area contributed by atoms with Gasteiger partial charge >= 0.3 is 0 Å². The highest BCUT2D eigenvalue weighted by atomic mass is 32.1. The third-order valence-corrected chi connectivity index (χ3v) is 4.58. The Morgan fingerprint density at radius 3 is 2.69 bits per heavy atom. The lowest BCUT2D eigenvalue weighted by molar-refractivity contribution is -0.384. The summed E-state index contributed by atoms with van der Waals surface area (Å²) >= 11 is 1.33. The second-order valence-corrected chi connectivity index (χ2v) is 6.39. The molecule has 0 atom stereocenters. The number of nitro benzene ring substituents is 1. The van der Waals surface area contributed by atoms with Crippen LogP contribution in [-0.4, -0.2) is 22.6 Å². The van der Waals surface area contributed by atoms with E-state index in [1.165, 1.54) is 29.5 Å². The van der Waals surface area contributed by atoms with Gasteiger partial charge in [-0.2, -0.15) is 0 Å². The molecule has 9 heteroatoms. The van der Waals surface area contributed by atoms with E-state index in [2.05, 4.69) is 10.3 Å². The second kappa shape index (κ2) is 6.45. The molecule has 2 aromatic carbocycles. The number of hydrogen-bond acceptors (Lipinski definition) is 7. The van der Waals surface area contributed by atoms with E-state index in [4.69, 9.17) is 9.47 Å². The maximum Gasteiger partial charge on any atom is 0.269 e. The lowest BCUT2D eigenvalue weighted by Crippen LogP contribution is -2.07. The van der Waals surface area contributed by atoms with Crippen molar-refractivity contribution < 1.29 is 19.2 Å². The molecule has 0 fully saturated rings. The number of benzene rings is 2. The van der Waals surface area contributed by atoms with Crippen LogP contribution in [0.25, 0.3) is 16.3 Å². The van der Waals surface area contributed by atoms with Gasteiger partial charge in [-0.05, 0) is 23.8 Å². The number of ether oxygens (including phenoxy) is 2. The van der Waals surface area contributed by atoms with Gasteiger partial charge in [0.15, 0.2) is 16.6 Å². The Morgan fingerprint density at radius 1 is 1.23 bits per heavy atom. The van der Waals surface area contributed by atoms with Crippen LogP contribution in [-0.2, 0) is 4.79 Å². The molecule has 8 nitrogen and oxygen atoms in total. The van der Waals surface area contributed by atoms with Gasteiger partial charge in [-0.3, -0.25) is 20.2 Å². The molecular weight excluding hydrogens is 358 g/mol. The number of nitrogens with one attached hydrogen (secondary N) is 1. The van der Waals surface area contributed by atoms with Crippen molar-refractivity contribution in [3.8, 4) is 11.5 Å². The number of thiazole rings is 1. The number of amides is 1. The maximum atomic E-state index is 12.1. The molecule has 3 aromatic rings. The smallest absolute Gasteiger partial charge is 0.269 e. The molecule has 1 N–H and O–H groups in total. The normalized spacial score (nSPS) is 12.6. The van der Waals surface area contributed by atoms with Crippen LogP contribution in [0.2, 0.25) is 0 Å². The minimum atomic E-state index is -0.473. The van der Waals surface area contributed by atoms with Gasteiger partial charge in [0.2, 0.25) is 12.7 Å². The summed E-state index contributed by atoms with van der Waals surface area (Å²) in [5, 5.41) is 13.8. The highest BCUT2D eigenvalue weighted by molar-refractivity contribution is 7.22. The number of carbonyl (C=O) groups excluding carboxylic acids is 1. The fourth-order valence-corrected chi connectivity index (χ4v) is 3.28. The fourth-order valence-electron chi connectivity index (χ4n) is 2.40. The van der Waals surface area contributed by atoms with Crippen molar-refractivity contribution in [3.63, 3.8) is 0 Å². The third-order valence-electron chi connectivity index (χ3n) is 3.64. The zero-order valence-electron chi connectivity index (χ0n) is 13.2. The second-order valence-electron chi connectivity index (χ2n) is 5.36. The summed E-state index contributed by atoms with van der Waals surface area (Å²) in [5.74, 6) is 0.957. The first-order valence-corrected chi connectivity index (χ1v) is 8.34. The number of aromatic nitrogens is 1. The van der Waals surface area contributed by atoms with E-state index in [0.29, 0.717) is 27.7 Å². The first-order valence-electron chi connectivity index (χ1n) is 7.52. The molecule has 0 unspecified atom stereocenters. The molecule has 130 valence electrons. The quantitative estimate of drug-likeness (QED) is 0.428. The van der Waals surface area contributed by atoms with Gasteiger partial charge in [0, 0.05) is 30.3 Å². The van der Waals surface area contributed by atoms with Crippen LogP contribution < -0.4 is 14.8 Å². The molecule has 0 saturated heterocycles. The van der Waals surface area contributed by atoms with Gasteiger partial charge in [0.05, 0.1) is 15.1 Å². The molecule has 2 heterocycles. The van der Waals surface area contributed by atoms with Crippen LogP contribution >= 0.6 is 11.3 Å². The molecular formula is C17H11N3O5S. The minimum absolute atomic E-state index is 0.000864. The Hall–Kier alpha value is -3.46. The third kappa shape index (κ3) is 3.20. The SMILES string of the molecule is O=C(/C=C\c1ccc([N+](=O)[O-])cc1)Nc1nc2cc3c(cc2s1)OCO3. The number of fused-ring (bicyclic) bond motifs is 2. The van der Waals surface area contributed by atoms with E-state index < -0.39 is 4.92 Å². The molecule has 1 aromatic heterocycles. The van der Waals surface area contributed by atoms with Crippen molar-refractivity contribution in [2.24, 2.45) is 0 Å². The standard InChI is InChI=1S/C17H11N3O5S/c21-16(6-3-10-1-4-11(5-2-10)20(22)23)19-17-18-12-7-13-14(25-9-24-13)8-15(12)26-17/h1-8H,9H2,(H,18,19,21)/b6-3-. The molecule has 1 amide bonds. The number of rotatable bonds is 4. The monoisotopic (exact) mass is 369 g/mol. The van der Waals surface area contributed by atoms with Gasteiger partial charge in [-0.15, -0.1) is 0 Å². The van der Waals surface area contributed by atoms with E-state index in [0.717, 1.165) is 4.70 Å². The number of anilines is 1. The van der Waals surface area contributed by atoms with Crippen LogP contribution in [0.5, 0.6) is 11.5 Å². The molecule has 1 aliphatic heterocycles. The molecule has 4 rings (SSSR count). The fraction of sp³-hybridized carbons (Fsp3) is 0.0588. The van der Waals surface area contributed by atoms with E-state index in [1.807, 2.05) is 6.07 Å². The Bertz CT molecular complexity index is 1000. The van der Waals surface area contributed by atoms with Gasteiger partial charge in [0.1, 0.15) is 0 Å². The van der Waals surface area contributed by atoms with Crippen LogP contribution in [0.4, 0.5) is 10.8 Å². The summed E-state index contributed by atoms with van der Waals surface area (Å²) < 4.78 is 11.5. The van der Waals surface area contributed by atoms with Crippen LogP contribution in [0, 0.1) is 10.1 Å². The summed E-state index contributed by atoms with van der Waals surface area (Å²) in [5.41, 5.74) is 1.40. The zero-order valence-corrected chi connectivity index (χ0v) is 14.0. The van der Waals surface area contributed by atoms with Crippen LogP contribution in [0.1, 0.15) is 5.56 Å². The summed E-state index contributed by atoms with van der Waals surface area (Å²) in [7, 11) is 0. The number of nitrogens with zero attached hydrogens (tertiary/aromatic N) is 2. The van der Waals surface area contributed by atoms with E-state index in [1.54, 1.807) is 24.3 Å². The Labute approximate surface area is 150 Å². The number of nitro groups is 1. The maximum absolute atomic E-state index is 12.1. The van der Waals surface area contributed by atoms with E-state index in [9.17, 15) is 14.9 Å². The van der Waals surface area contributed by atoms with Crippen LogP contribution in [0.3, 0.4) is 0 Å². The largest absolute Gasteiger partial charge is 0.454 e. The Morgan fingerprint density at radius 2 is 1.96 bits per heavy atom. The summed E-state index contributed by atoms with van der Waals surface area (Å²) in [6.45, 7) is 0.198. The van der Waals surface area contributed by atoms with Crippen molar-refractivity contribution >= 4 is 44.4 Å². The van der Waals surface area contributed by atoms with Crippen molar-refractivity contribution in [1.29, 1.82) is 0 Å². The highest BCUT2D eigenvalue weighted by Crippen LogP contribution is 2.38. The highest BCUT2D eigenvalue weighted by Gasteiger charge is 2.16. The molecule has 0 saturated carbocycles. The number of carbonyl (C=O) groups is 1. The average Bonchev–Trinajstić information content (AvgIpc) is 3.23. The van der Waals surface area contributed by atoms with Crippen molar-refractivity contribution in [1.82, 2.24) is 4.98 Å². The lowest BCUT2D eigenvalue weighted by Gasteiger charge is -1.96. The van der Waals surface area contributed by atoms with E-state index >= 15 is 0 Å². The molecule has 0 spiro atoms. The lowest BCUT2D eigenvalue weighted by atomic mass is 10.2. The minimum Gasteiger partial charge on any atom is -0.454 e. The predicted octanol–water partition coefficient (Wildman–Crippen LogP) is 3.59. The van der Waals surface area contributed by atoms with Gasteiger partial charge in [-0.1, -0.05) is 11.3 Å². The first kappa shape index (κ1) is 16.0. The summed E-state index contributed by atoms with van der Waals surface area (Å²) in [6, 6.07) is 9.51. The molecule has 0 radical (unpaired) electrons. The Balaban J connectivity index is 1.46. The number of hydrogen-bond donors (Lipinski definition) is 1. The van der Waals surface area contributed by atoms with Crippen molar-refractivity contribution in [2.75, 3.05) is 12.1 Å². The van der Waals surface area contributed by atoms with Gasteiger partial charge in [-0.25, -0.2) is 4.98 Å². The molecule has 26 heavy (non-hydrogen) atoms. The zero-order chi connectivity index (χ0) is 18.1. The molecule has 0 aliphatic carbocycles.